The van der Waals surface area contributed by atoms with Gasteiger partial charge in [0.15, 0.2) is 11.6 Å². The van der Waals surface area contributed by atoms with Crippen molar-refractivity contribution < 1.29 is 13.5 Å². The van der Waals surface area contributed by atoms with E-state index in [2.05, 4.69) is 12.2 Å². The summed E-state index contributed by atoms with van der Waals surface area (Å²) in [6.45, 7) is 4.49. The number of ether oxygens (including phenoxy) is 1. The lowest BCUT2D eigenvalue weighted by atomic mass is 9.78. The van der Waals surface area contributed by atoms with E-state index in [1.165, 1.54) is 0 Å². The predicted molar refractivity (Wildman–Crippen MR) is 86.3 cm³/mol. The van der Waals surface area contributed by atoms with Crippen LogP contribution in [0.2, 0.25) is 0 Å². The van der Waals surface area contributed by atoms with Crippen LogP contribution in [-0.2, 0) is 0 Å². The fourth-order valence-electron chi connectivity index (χ4n) is 3.19. The minimum Gasteiger partial charge on any atom is -0.490 e. The molecule has 1 nitrogen and oxygen atoms in total. The standard InChI is InChI=1S/C19H26F2O/c1-3-5-13-22-17-12-11-16(18(20)19(17)21)15-9-7-14(6-4-2)8-10-15/h4,6,11-12,14-15H,3,5,7-10,13H2,1-2H3/b6-4+. The Labute approximate surface area is 132 Å². The number of unbranched alkanes of at least 4 members (excludes halogenated alkanes) is 1. The van der Waals surface area contributed by atoms with Gasteiger partial charge in [0.05, 0.1) is 6.61 Å². The first-order valence-electron chi connectivity index (χ1n) is 8.40. The van der Waals surface area contributed by atoms with Crippen LogP contribution in [0, 0.1) is 17.6 Å². The zero-order valence-electron chi connectivity index (χ0n) is 13.6. The zero-order chi connectivity index (χ0) is 15.9. The van der Waals surface area contributed by atoms with Crippen molar-refractivity contribution in [2.75, 3.05) is 6.61 Å². The second kappa shape index (κ2) is 8.30. The minimum atomic E-state index is -0.829. The molecular weight excluding hydrogens is 282 g/mol. The summed E-state index contributed by atoms with van der Waals surface area (Å²) in [6.07, 6.45) is 10.0. The largest absolute Gasteiger partial charge is 0.490 e. The fraction of sp³-hybridized carbons (Fsp3) is 0.579. The first-order chi connectivity index (χ1) is 10.7. The first-order valence-corrected chi connectivity index (χ1v) is 8.40. The molecule has 0 aromatic heterocycles. The normalized spacial score (nSPS) is 22.2. The van der Waals surface area contributed by atoms with E-state index in [1.807, 2.05) is 13.8 Å². The van der Waals surface area contributed by atoms with Crippen molar-refractivity contribution in [3.8, 4) is 5.75 Å². The van der Waals surface area contributed by atoms with Crippen LogP contribution in [-0.4, -0.2) is 6.61 Å². The Kier molecular flexibility index (Phi) is 6.41. The van der Waals surface area contributed by atoms with Gasteiger partial charge in [-0.1, -0.05) is 31.6 Å². The predicted octanol–water partition coefficient (Wildman–Crippen LogP) is 5.99. The van der Waals surface area contributed by atoms with Crippen LogP contribution in [0.25, 0.3) is 0 Å². The van der Waals surface area contributed by atoms with Crippen molar-refractivity contribution in [2.24, 2.45) is 5.92 Å². The van der Waals surface area contributed by atoms with Gasteiger partial charge >= 0.3 is 0 Å². The molecule has 22 heavy (non-hydrogen) atoms. The maximum absolute atomic E-state index is 14.3. The van der Waals surface area contributed by atoms with Gasteiger partial charge in [0.1, 0.15) is 0 Å². The molecule has 1 aromatic rings. The Morgan fingerprint density at radius 1 is 1.14 bits per heavy atom. The molecule has 0 spiro atoms. The summed E-state index contributed by atoms with van der Waals surface area (Å²) in [5, 5.41) is 0. The molecule has 0 radical (unpaired) electrons. The molecule has 0 bridgehead atoms. The topological polar surface area (TPSA) is 9.23 Å². The van der Waals surface area contributed by atoms with E-state index in [9.17, 15) is 8.78 Å². The molecule has 0 heterocycles. The third-order valence-corrected chi connectivity index (χ3v) is 4.51. The molecule has 1 saturated carbocycles. The summed E-state index contributed by atoms with van der Waals surface area (Å²) in [4.78, 5) is 0. The van der Waals surface area contributed by atoms with Crippen LogP contribution < -0.4 is 4.74 Å². The minimum absolute atomic E-state index is 0.0392. The second-order valence-corrected chi connectivity index (χ2v) is 6.12. The number of hydrogen-bond acceptors (Lipinski definition) is 1. The number of halogens is 2. The van der Waals surface area contributed by atoms with Crippen molar-refractivity contribution in [1.82, 2.24) is 0 Å². The van der Waals surface area contributed by atoms with Gasteiger partial charge in [0, 0.05) is 0 Å². The Balaban J connectivity index is 2.05. The summed E-state index contributed by atoms with van der Waals surface area (Å²) < 4.78 is 33.8. The van der Waals surface area contributed by atoms with Gasteiger partial charge in [0.25, 0.3) is 0 Å². The monoisotopic (exact) mass is 308 g/mol. The quantitative estimate of drug-likeness (QED) is 0.463. The fourth-order valence-corrected chi connectivity index (χ4v) is 3.19. The third-order valence-electron chi connectivity index (χ3n) is 4.51. The maximum atomic E-state index is 14.3. The molecule has 1 aliphatic rings. The molecule has 1 fully saturated rings. The van der Waals surface area contributed by atoms with Crippen molar-refractivity contribution in [3.05, 3.63) is 41.5 Å². The molecule has 0 amide bonds. The van der Waals surface area contributed by atoms with Crippen molar-refractivity contribution >= 4 is 0 Å². The van der Waals surface area contributed by atoms with Gasteiger partial charge in [-0.2, -0.15) is 4.39 Å². The highest BCUT2D eigenvalue weighted by Gasteiger charge is 2.25. The van der Waals surface area contributed by atoms with Crippen molar-refractivity contribution in [2.45, 2.75) is 58.3 Å². The van der Waals surface area contributed by atoms with E-state index < -0.39 is 11.6 Å². The average Bonchev–Trinajstić information content (AvgIpc) is 2.53. The highest BCUT2D eigenvalue weighted by Crippen LogP contribution is 2.39. The van der Waals surface area contributed by atoms with Crippen LogP contribution in [0.15, 0.2) is 24.3 Å². The van der Waals surface area contributed by atoms with Crippen LogP contribution in [0.3, 0.4) is 0 Å². The molecular formula is C19H26F2O. The average molecular weight is 308 g/mol. The van der Waals surface area contributed by atoms with E-state index in [4.69, 9.17) is 4.74 Å². The van der Waals surface area contributed by atoms with Crippen LogP contribution in [0.4, 0.5) is 8.78 Å². The molecule has 0 atom stereocenters. The van der Waals surface area contributed by atoms with Crippen LogP contribution >= 0.6 is 0 Å². The molecule has 0 unspecified atom stereocenters. The van der Waals surface area contributed by atoms with E-state index in [0.29, 0.717) is 18.1 Å². The molecule has 0 N–H and O–H groups in total. The third kappa shape index (κ3) is 4.08. The molecule has 3 heteroatoms. The lowest BCUT2D eigenvalue weighted by molar-refractivity contribution is 0.286. The molecule has 1 aliphatic carbocycles. The lowest BCUT2D eigenvalue weighted by Gasteiger charge is -2.27. The van der Waals surface area contributed by atoms with Gasteiger partial charge in [-0.05, 0) is 62.5 Å². The van der Waals surface area contributed by atoms with Gasteiger partial charge < -0.3 is 4.74 Å². The number of hydrogen-bond donors (Lipinski definition) is 0. The summed E-state index contributed by atoms with van der Waals surface area (Å²) in [6, 6.07) is 3.29. The van der Waals surface area contributed by atoms with E-state index >= 15 is 0 Å². The van der Waals surface area contributed by atoms with Gasteiger partial charge in [-0.25, -0.2) is 4.39 Å². The van der Waals surface area contributed by atoms with Crippen LogP contribution in [0.1, 0.15) is 63.9 Å². The summed E-state index contributed by atoms with van der Waals surface area (Å²) in [7, 11) is 0. The summed E-state index contributed by atoms with van der Waals surface area (Å²) in [5.41, 5.74) is 0.513. The summed E-state index contributed by atoms with van der Waals surface area (Å²) >= 11 is 0. The Bertz CT molecular complexity index is 502. The lowest BCUT2D eigenvalue weighted by Crippen LogP contribution is -2.14. The molecule has 0 saturated heterocycles. The Morgan fingerprint density at radius 3 is 2.50 bits per heavy atom. The number of rotatable bonds is 6. The highest BCUT2D eigenvalue weighted by molar-refractivity contribution is 5.33. The van der Waals surface area contributed by atoms with Gasteiger partial charge in [-0.3, -0.25) is 0 Å². The Hall–Kier alpha value is -1.38. The zero-order valence-corrected chi connectivity index (χ0v) is 13.6. The number of benzene rings is 1. The summed E-state index contributed by atoms with van der Waals surface area (Å²) in [5.74, 6) is -0.795. The van der Waals surface area contributed by atoms with Gasteiger partial charge in [0.2, 0.25) is 5.82 Å². The maximum Gasteiger partial charge on any atom is 0.200 e. The van der Waals surface area contributed by atoms with Gasteiger partial charge in [-0.15, -0.1) is 0 Å². The van der Waals surface area contributed by atoms with Crippen molar-refractivity contribution in [1.29, 1.82) is 0 Å². The van der Waals surface area contributed by atoms with E-state index in [1.54, 1.807) is 12.1 Å². The molecule has 0 aliphatic heterocycles. The number of allylic oxidation sites excluding steroid dienone is 2. The smallest absolute Gasteiger partial charge is 0.200 e. The van der Waals surface area contributed by atoms with Crippen LogP contribution in [0.5, 0.6) is 5.75 Å². The van der Waals surface area contributed by atoms with Crippen molar-refractivity contribution in [3.63, 3.8) is 0 Å². The molecule has 2 rings (SSSR count). The SMILES string of the molecule is C/C=C/C1CCC(c2ccc(OCCCC)c(F)c2F)CC1. The second-order valence-electron chi connectivity index (χ2n) is 6.12. The highest BCUT2D eigenvalue weighted by atomic mass is 19.2. The van der Waals surface area contributed by atoms with E-state index in [0.717, 1.165) is 38.5 Å². The first kappa shape index (κ1) is 17.0. The molecule has 1 aromatic carbocycles. The van der Waals surface area contributed by atoms with E-state index in [-0.39, 0.29) is 11.7 Å². The molecule has 122 valence electrons. The Morgan fingerprint density at radius 2 is 1.86 bits per heavy atom.